The highest BCUT2D eigenvalue weighted by Crippen LogP contribution is 2.26. The molecule has 0 spiro atoms. The van der Waals surface area contributed by atoms with Crippen LogP contribution in [0.3, 0.4) is 0 Å². The number of hydrogen-bond acceptors (Lipinski definition) is 5. The normalized spacial score (nSPS) is 11.0. The molecule has 3 aromatic carbocycles. The molecule has 3 aromatic rings. The Balaban J connectivity index is 1.80. The first-order valence-electron chi connectivity index (χ1n) is 10.1. The van der Waals surface area contributed by atoms with Crippen LogP contribution in [0.1, 0.15) is 38.8 Å². The van der Waals surface area contributed by atoms with Crippen molar-refractivity contribution in [2.45, 2.75) is 25.7 Å². The minimum absolute atomic E-state index is 0.0123. The third-order valence-electron chi connectivity index (χ3n) is 4.90. The topological polar surface area (TPSA) is 102 Å². The molecule has 172 valence electrons. The maximum atomic E-state index is 12.9. The van der Waals surface area contributed by atoms with Crippen LogP contribution in [0, 0.1) is 13.8 Å². The van der Waals surface area contributed by atoms with Gasteiger partial charge in [-0.05, 0) is 86.5 Å². The maximum Gasteiger partial charge on any atom is 0.338 e. The van der Waals surface area contributed by atoms with Crippen molar-refractivity contribution in [3.05, 3.63) is 87.9 Å². The average Bonchev–Trinajstić information content (AvgIpc) is 2.77. The van der Waals surface area contributed by atoms with Crippen molar-refractivity contribution in [3.8, 4) is 0 Å². The van der Waals surface area contributed by atoms with Crippen molar-refractivity contribution in [1.82, 2.24) is 0 Å². The zero-order valence-corrected chi connectivity index (χ0v) is 19.9. The summed E-state index contributed by atoms with van der Waals surface area (Å²) in [6.07, 6.45) is 0. The van der Waals surface area contributed by atoms with E-state index in [1.54, 1.807) is 31.2 Å². The number of amides is 1. The van der Waals surface area contributed by atoms with Crippen molar-refractivity contribution in [2.75, 3.05) is 16.6 Å². The second kappa shape index (κ2) is 10.1. The Morgan fingerprint density at radius 1 is 0.879 bits per heavy atom. The Kier molecular flexibility index (Phi) is 7.40. The number of anilines is 2. The number of ether oxygens (including phenoxy) is 1. The van der Waals surface area contributed by atoms with E-state index in [1.165, 1.54) is 30.3 Å². The first-order valence-corrected chi connectivity index (χ1v) is 11.9. The van der Waals surface area contributed by atoms with Gasteiger partial charge < -0.3 is 10.1 Å². The van der Waals surface area contributed by atoms with E-state index in [0.717, 1.165) is 11.1 Å². The Labute approximate surface area is 197 Å². The van der Waals surface area contributed by atoms with Crippen molar-refractivity contribution >= 4 is 44.9 Å². The first kappa shape index (κ1) is 24.3. The summed E-state index contributed by atoms with van der Waals surface area (Å²) in [5.41, 5.74) is 3.25. The second-order valence-electron chi connectivity index (χ2n) is 7.30. The van der Waals surface area contributed by atoms with Gasteiger partial charge >= 0.3 is 5.97 Å². The van der Waals surface area contributed by atoms with Gasteiger partial charge in [0.25, 0.3) is 15.9 Å². The number of esters is 1. The number of aryl methyl sites for hydroxylation is 2. The Hall–Kier alpha value is -3.36. The molecule has 0 aliphatic heterocycles. The first-order chi connectivity index (χ1) is 15.6. The molecule has 33 heavy (non-hydrogen) atoms. The summed E-state index contributed by atoms with van der Waals surface area (Å²) >= 11 is 6.15. The molecule has 3 rings (SSSR count). The van der Waals surface area contributed by atoms with Gasteiger partial charge in [0, 0.05) is 16.9 Å². The third kappa shape index (κ3) is 5.91. The summed E-state index contributed by atoms with van der Waals surface area (Å²) in [7, 11) is -4.04. The predicted octanol–water partition coefficient (Wildman–Crippen LogP) is 5.19. The van der Waals surface area contributed by atoms with Crippen LogP contribution in [0.4, 0.5) is 11.4 Å². The predicted molar refractivity (Wildman–Crippen MR) is 129 cm³/mol. The fourth-order valence-electron chi connectivity index (χ4n) is 2.97. The Bertz CT molecular complexity index is 1300. The summed E-state index contributed by atoms with van der Waals surface area (Å²) in [5.74, 6) is -0.989. The highest BCUT2D eigenvalue weighted by atomic mass is 35.5. The third-order valence-corrected chi connectivity index (χ3v) is 6.76. The molecule has 0 aromatic heterocycles. The largest absolute Gasteiger partial charge is 0.462 e. The molecule has 0 saturated heterocycles. The minimum Gasteiger partial charge on any atom is -0.462 e. The number of carbonyl (C=O) groups is 2. The fourth-order valence-corrected chi connectivity index (χ4v) is 4.55. The fraction of sp³-hybridized carbons (Fsp3) is 0.167. The number of rotatable bonds is 7. The van der Waals surface area contributed by atoms with Gasteiger partial charge in [-0.15, -0.1) is 0 Å². The number of nitrogens with one attached hydrogen (secondary N) is 2. The lowest BCUT2D eigenvalue weighted by Crippen LogP contribution is -2.16. The van der Waals surface area contributed by atoms with E-state index < -0.39 is 21.9 Å². The number of carbonyl (C=O) groups excluding carboxylic acids is 2. The molecule has 0 saturated carbocycles. The summed E-state index contributed by atoms with van der Waals surface area (Å²) in [6.45, 7) is 5.78. The molecule has 0 fully saturated rings. The van der Waals surface area contributed by atoms with E-state index in [4.69, 9.17) is 16.3 Å². The quantitative estimate of drug-likeness (QED) is 0.448. The highest BCUT2D eigenvalue weighted by Gasteiger charge is 2.21. The molecule has 7 nitrogen and oxygen atoms in total. The number of hydrogen-bond donors (Lipinski definition) is 2. The Morgan fingerprint density at radius 3 is 2.15 bits per heavy atom. The molecule has 2 N–H and O–H groups in total. The minimum atomic E-state index is -4.04. The number of halogens is 1. The van der Waals surface area contributed by atoms with Crippen molar-refractivity contribution < 1.29 is 22.7 Å². The van der Waals surface area contributed by atoms with Crippen LogP contribution < -0.4 is 10.0 Å². The molecule has 0 aliphatic rings. The second-order valence-corrected chi connectivity index (χ2v) is 9.36. The van der Waals surface area contributed by atoms with E-state index >= 15 is 0 Å². The zero-order chi connectivity index (χ0) is 24.2. The summed E-state index contributed by atoms with van der Waals surface area (Å²) < 4.78 is 33.3. The molecule has 0 unspecified atom stereocenters. The summed E-state index contributed by atoms with van der Waals surface area (Å²) in [6, 6.07) is 15.4. The molecule has 0 bridgehead atoms. The van der Waals surface area contributed by atoms with E-state index in [1.807, 2.05) is 19.9 Å². The lowest BCUT2D eigenvalue weighted by molar-refractivity contribution is 0.0526. The van der Waals surface area contributed by atoms with Gasteiger partial charge in [0.05, 0.1) is 17.2 Å². The molecule has 0 radical (unpaired) electrons. The van der Waals surface area contributed by atoms with Crippen LogP contribution in [0.2, 0.25) is 5.02 Å². The zero-order valence-electron chi connectivity index (χ0n) is 18.3. The molecule has 0 aliphatic carbocycles. The summed E-state index contributed by atoms with van der Waals surface area (Å²) in [4.78, 5) is 24.2. The molecular formula is C24H23ClN2O5S. The lowest BCUT2D eigenvalue weighted by Gasteiger charge is -2.12. The maximum absolute atomic E-state index is 12.9. The monoisotopic (exact) mass is 486 g/mol. The van der Waals surface area contributed by atoms with Gasteiger partial charge in [0.15, 0.2) is 0 Å². The molecule has 0 atom stereocenters. The van der Waals surface area contributed by atoms with Gasteiger partial charge in [-0.1, -0.05) is 17.7 Å². The smallest absolute Gasteiger partial charge is 0.338 e. The van der Waals surface area contributed by atoms with E-state index in [0.29, 0.717) is 16.9 Å². The standard InChI is InChI=1S/C24H23ClN2O5S/c1-4-32-24(29)17-6-10-19(11-7-17)26-23(28)18-8-12-21(25)22(14-18)33(30,31)27-20-9-5-15(2)16(3)13-20/h5-14,27H,4H2,1-3H3,(H,26,28). The van der Waals surface area contributed by atoms with E-state index in [9.17, 15) is 18.0 Å². The van der Waals surface area contributed by atoms with Crippen molar-refractivity contribution in [1.29, 1.82) is 0 Å². The Morgan fingerprint density at radius 2 is 1.52 bits per heavy atom. The van der Waals surface area contributed by atoms with Crippen LogP contribution >= 0.6 is 11.6 Å². The van der Waals surface area contributed by atoms with Crippen molar-refractivity contribution in [2.24, 2.45) is 0 Å². The van der Waals surface area contributed by atoms with Gasteiger partial charge in [0.2, 0.25) is 0 Å². The van der Waals surface area contributed by atoms with Gasteiger partial charge in [-0.2, -0.15) is 0 Å². The van der Waals surface area contributed by atoms with Crippen LogP contribution in [-0.4, -0.2) is 26.9 Å². The van der Waals surface area contributed by atoms with Crippen LogP contribution in [-0.2, 0) is 14.8 Å². The number of sulfonamides is 1. The van der Waals surface area contributed by atoms with Crippen molar-refractivity contribution in [3.63, 3.8) is 0 Å². The van der Waals surface area contributed by atoms with Gasteiger partial charge in [0.1, 0.15) is 4.90 Å². The van der Waals surface area contributed by atoms with E-state index in [-0.39, 0.29) is 22.1 Å². The molecular weight excluding hydrogens is 464 g/mol. The average molecular weight is 487 g/mol. The lowest BCUT2D eigenvalue weighted by atomic mass is 10.1. The van der Waals surface area contributed by atoms with Crippen LogP contribution in [0.25, 0.3) is 0 Å². The molecule has 9 heteroatoms. The van der Waals surface area contributed by atoms with Crippen LogP contribution in [0.15, 0.2) is 65.6 Å². The van der Waals surface area contributed by atoms with Gasteiger partial charge in [-0.3, -0.25) is 9.52 Å². The molecule has 0 heterocycles. The number of benzene rings is 3. The van der Waals surface area contributed by atoms with Gasteiger partial charge in [-0.25, -0.2) is 13.2 Å². The van der Waals surface area contributed by atoms with Crippen LogP contribution in [0.5, 0.6) is 0 Å². The SMILES string of the molecule is CCOC(=O)c1ccc(NC(=O)c2ccc(Cl)c(S(=O)(=O)Nc3ccc(C)c(C)c3)c2)cc1. The summed E-state index contributed by atoms with van der Waals surface area (Å²) in [5, 5.41) is 2.66. The highest BCUT2D eigenvalue weighted by molar-refractivity contribution is 7.92. The molecule has 1 amide bonds. The van der Waals surface area contributed by atoms with E-state index in [2.05, 4.69) is 10.0 Å².